The number of hydrogen-bond acceptors (Lipinski definition) is 5. The molecular formula is C7H8N6. The molecule has 0 unspecified atom stereocenters. The fraction of sp³-hybridized carbons (Fsp3) is 0.143. The Labute approximate surface area is 74.6 Å². The van der Waals surface area contributed by atoms with Gasteiger partial charge in [0, 0.05) is 7.05 Å². The summed E-state index contributed by atoms with van der Waals surface area (Å²) in [5.41, 5.74) is 0.857. The number of aromatic nitrogens is 5. The molecule has 13 heavy (non-hydrogen) atoms. The maximum absolute atomic E-state index is 4.06. The third-order valence-electron chi connectivity index (χ3n) is 1.52. The van der Waals surface area contributed by atoms with Gasteiger partial charge in [0.1, 0.15) is 0 Å². The minimum atomic E-state index is 0.462. The molecule has 6 nitrogen and oxygen atoms in total. The molecule has 0 bridgehead atoms. The Balaban J connectivity index is 2.33. The average Bonchev–Trinajstić information content (AvgIpc) is 2.71. The molecule has 0 radical (unpaired) electrons. The van der Waals surface area contributed by atoms with E-state index in [9.17, 15) is 0 Å². The Morgan fingerprint density at radius 1 is 1.15 bits per heavy atom. The van der Waals surface area contributed by atoms with Gasteiger partial charge in [0.25, 0.3) is 5.95 Å². The molecule has 1 N–H and O–H groups in total. The van der Waals surface area contributed by atoms with E-state index < -0.39 is 0 Å². The highest BCUT2D eigenvalue weighted by atomic mass is 15.5. The predicted octanol–water partition coefficient (Wildman–Crippen LogP) is 0.0990. The average molecular weight is 176 g/mol. The summed E-state index contributed by atoms with van der Waals surface area (Å²) in [5.74, 6) is 0.462. The van der Waals surface area contributed by atoms with Crippen LogP contribution in [0.2, 0.25) is 0 Å². The molecule has 0 spiro atoms. The number of anilines is 1. The highest BCUT2D eigenvalue weighted by molar-refractivity contribution is 5.37. The van der Waals surface area contributed by atoms with Crippen molar-refractivity contribution in [1.29, 1.82) is 0 Å². The Bertz CT molecular complexity index is 364. The third-order valence-corrected chi connectivity index (χ3v) is 1.52. The van der Waals surface area contributed by atoms with Crippen molar-refractivity contribution in [3.05, 3.63) is 24.8 Å². The van der Waals surface area contributed by atoms with Crippen LogP contribution in [0.15, 0.2) is 24.8 Å². The van der Waals surface area contributed by atoms with Crippen molar-refractivity contribution >= 4 is 5.69 Å². The van der Waals surface area contributed by atoms with Crippen LogP contribution in [0.1, 0.15) is 0 Å². The van der Waals surface area contributed by atoms with Crippen LogP contribution in [-0.2, 0) is 0 Å². The van der Waals surface area contributed by atoms with E-state index in [1.807, 2.05) is 7.05 Å². The van der Waals surface area contributed by atoms with Gasteiger partial charge in [0.15, 0.2) is 0 Å². The molecule has 6 heteroatoms. The first-order valence-corrected chi connectivity index (χ1v) is 3.76. The van der Waals surface area contributed by atoms with Crippen LogP contribution in [0.3, 0.4) is 0 Å². The zero-order valence-electron chi connectivity index (χ0n) is 7.05. The highest BCUT2D eigenvalue weighted by Crippen LogP contribution is 2.02. The molecule has 0 saturated carbocycles. The van der Waals surface area contributed by atoms with Crippen molar-refractivity contribution in [2.24, 2.45) is 0 Å². The van der Waals surface area contributed by atoms with Crippen molar-refractivity contribution in [2.75, 3.05) is 12.4 Å². The van der Waals surface area contributed by atoms with Crippen molar-refractivity contribution in [3.63, 3.8) is 0 Å². The molecule has 2 rings (SSSR count). The highest BCUT2D eigenvalue weighted by Gasteiger charge is 1.99. The van der Waals surface area contributed by atoms with E-state index >= 15 is 0 Å². The van der Waals surface area contributed by atoms with Gasteiger partial charge in [-0.1, -0.05) is 0 Å². The summed E-state index contributed by atoms with van der Waals surface area (Å²) >= 11 is 0. The van der Waals surface area contributed by atoms with Gasteiger partial charge in [-0.3, -0.25) is 0 Å². The van der Waals surface area contributed by atoms with E-state index in [-0.39, 0.29) is 0 Å². The van der Waals surface area contributed by atoms with Crippen LogP contribution in [0.5, 0.6) is 0 Å². The second-order valence-corrected chi connectivity index (χ2v) is 2.34. The van der Waals surface area contributed by atoms with Gasteiger partial charge in [-0.25, -0.2) is 9.97 Å². The van der Waals surface area contributed by atoms with E-state index in [4.69, 9.17) is 0 Å². The van der Waals surface area contributed by atoms with Gasteiger partial charge in [-0.15, -0.1) is 4.80 Å². The summed E-state index contributed by atoms with van der Waals surface area (Å²) in [4.78, 5) is 9.47. The largest absolute Gasteiger partial charge is 0.386 e. The Morgan fingerprint density at radius 2 is 1.77 bits per heavy atom. The lowest BCUT2D eigenvalue weighted by molar-refractivity contribution is 0.703. The predicted molar refractivity (Wildman–Crippen MR) is 46.5 cm³/mol. The topological polar surface area (TPSA) is 68.5 Å². The van der Waals surface area contributed by atoms with Crippen LogP contribution < -0.4 is 5.32 Å². The van der Waals surface area contributed by atoms with Crippen molar-refractivity contribution in [2.45, 2.75) is 0 Å². The summed E-state index contributed by atoms with van der Waals surface area (Å²) in [5, 5.41) is 10.7. The second kappa shape index (κ2) is 3.18. The zero-order chi connectivity index (χ0) is 9.10. The number of rotatable bonds is 2. The number of nitrogens with zero attached hydrogens (tertiary/aromatic N) is 5. The summed E-state index contributed by atoms with van der Waals surface area (Å²) in [7, 11) is 1.81. The van der Waals surface area contributed by atoms with Gasteiger partial charge in [0.05, 0.1) is 30.5 Å². The van der Waals surface area contributed by atoms with E-state index in [1.54, 1.807) is 24.8 Å². The maximum Gasteiger partial charge on any atom is 0.268 e. The van der Waals surface area contributed by atoms with Crippen LogP contribution in [0.4, 0.5) is 5.69 Å². The molecule has 2 aromatic rings. The first-order chi connectivity index (χ1) is 6.40. The third kappa shape index (κ3) is 1.46. The zero-order valence-corrected chi connectivity index (χ0v) is 7.05. The fourth-order valence-electron chi connectivity index (χ4n) is 0.873. The summed E-state index contributed by atoms with van der Waals surface area (Å²) in [6.45, 7) is 0. The van der Waals surface area contributed by atoms with Gasteiger partial charge in [-0.2, -0.15) is 10.2 Å². The minimum Gasteiger partial charge on any atom is -0.386 e. The first kappa shape index (κ1) is 7.66. The van der Waals surface area contributed by atoms with E-state index in [2.05, 4.69) is 25.5 Å². The summed E-state index contributed by atoms with van der Waals surface area (Å²) < 4.78 is 0. The molecule has 0 aliphatic rings. The molecule has 0 atom stereocenters. The van der Waals surface area contributed by atoms with Crippen LogP contribution in [0.25, 0.3) is 5.95 Å². The smallest absolute Gasteiger partial charge is 0.268 e. The van der Waals surface area contributed by atoms with Gasteiger partial charge < -0.3 is 5.32 Å². The minimum absolute atomic E-state index is 0.462. The lowest BCUT2D eigenvalue weighted by Gasteiger charge is -1.99. The SMILES string of the molecule is CNc1cnc(-n2nccn2)nc1. The monoisotopic (exact) mass is 176 g/mol. The lowest BCUT2D eigenvalue weighted by atomic mass is 10.5. The lowest BCUT2D eigenvalue weighted by Crippen LogP contribution is -2.04. The van der Waals surface area contributed by atoms with E-state index in [0.29, 0.717) is 5.95 Å². The summed E-state index contributed by atoms with van der Waals surface area (Å²) in [6.07, 6.45) is 6.50. The molecule has 66 valence electrons. The molecule has 0 aliphatic carbocycles. The summed E-state index contributed by atoms with van der Waals surface area (Å²) in [6, 6.07) is 0. The van der Waals surface area contributed by atoms with E-state index in [1.165, 1.54) is 4.80 Å². The van der Waals surface area contributed by atoms with Crippen LogP contribution in [-0.4, -0.2) is 32.0 Å². The van der Waals surface area contributed by atoms with Gasteiger partial charge in [0.2, 0.25) is 0 Å². The quantitative estimate of drug-likeness (QED) is 0.702. The molecule has 0 aliphatic heterocycles. The molecule has 0 saturated heterocycles. The Hall–Kier alpha value is -1.98. The Morgan fingerprint density at radius 3 is 2.31 bits per heavy atom. The molecule has 2 heterocycles. The van der Waals surface area contributed by atoms with Gasteiger partial charge >= 0.3 is 0 Å². The van der Waals surface area contributed by atoms with Crippen molar-refractivity contribution in [3.8, 4) is 5.95 Å². The van der Waals surface area contributed by atoms with Crippen molar-refractivity contribution in [1.82, 2.24) is 25.0 Å². The molecular weight excluding hydrogens is 168 g/mol. The Kier molecular flexibility index (Phi) is 1.87. The standard InChI is InChI=1S/C7H8N6/c1-8-6-4-9-7(10-5-6)13-11-2-3-12-13/h2-5,8H,1H3. The van der Waals surface area contributed by atoms with Crippen LogP contribution in [0, 0.1) is 0 Å². The maximum atomic E-state index is 4.06. The van der Waals surface area contributed by atoms with Crippen molar-refractivity contribution < 1.29 is 0 Å². The molecule has 0 amide bonds. The molecule has 2 aromatic heterocycles. The van der Waals surface area contributed by atoms with Crippen LogP contribution >= 0.6 is 0 Å². The molecule has 0 aromatic carbocycles. The number of nitrogens with one attached hydrogen (secondary N) is 1. The number of hydrogen-bond donors (Lipinski definition) is 1. The normalized spacial score (nSPS) is 9.92. The second-order valence-electron chi connectivity index (χ2n) is 2.34. The first-order valence-electron chi connectivity index (χ1n) is 3.76. The molecule has 0 fully saturated rings. The fourth-order valence-corrected chi connectivity index (χ4v) is 0.873. The van der Waals surface area contributed by atoms with Gasteiger partial charge in [-0.05, 0) is 0 Å². The van der Waals surface area contributed by atoms with E-state index in [0.717, 1.165) is 5.69 Å².